The number of rotatable bonds is 3. The lowest BCUT2D eigenvalue weighted by Crippen LogP contribution is -2.15. The summed E-state index contributed by atoms with van der Waals surface area (Å²) in [4.78, 5) is 28.9. The van der Waals surface area contributed by atoms with Gasteiger partial charge in [-0.05, 0) is 11.6 Å². The number of H-pyrrole nitrogens is 1. The first-order chi connectivity index (χ1) is 9.47. The van der Waals surface area contributed by atoms with E-state index in [1.807, 2.05) is 24.3 Å². The number of ether oxygens (including phenoxy) is 1. The average molecular weight is 339 g/mol. The van der Waals surface area contributed by atoms with Gasteiger partial charge in [0.05, 0.1) is 0 Å². The van der Waals surface area contributed by atoms with Crippen molar-refractivity contribution in [2.75, 3.05) is 0 Å². The summed E-state index contributed by atoms with van der Waals surface area (Å²) in [7, 11) is 0. The van der Waals surface area contributed by atoms with Gasteiger partial charge in [-0.2, -0.15) is 4.98 Å². The second-order valence-corrected chi connectivity index (χ2v) is 4.88. The van der Waals surface area contributed by atoms with Crippen LogP contribution < -0.4 is 10.3 Å². The van der Waals surface area contributed by atoms with Crippen molar-refractivity contribution in [3.63, 3.8) is 0 Å². The molecule has 6 nitrogen and oxygen atoms in total. The average Bonchev–Trinajstić information content (AvgIpc) is 2.37. The first-order valence-corrected chi connectivity index (χ1v) is 6.50. The molecule has 0 aliphatic carbocycles. The summed E-state index contributed by atoms with van der Waals surface area (Å²) < 4.78 is 5.57. The van der Waals surface area contributed by atoms with Gasteiger partial charge in [0.2, 0.25) is 5.75 Å². The van der Waals surface area contributed by atoms with Crippen LogP contribution in [-0.2, 0) is 11.2 Å². The van der Waals surface area contributed by atoms with Crippen molar-refractivity contribution < 1.29 is 14.6 Å². The number of hydrogen-bond donors (Lipinski definition) is 2. The molecule has 0 aliphatic heterocycles. The van der Waals surface area contributed by atoms with E-state index in [4.69, 9.17) is 4.74 Å². The van der Waals surface area contributed by atoms with Crippen LogP contribution in [0.4, 0.5) is 0 Å². The number of halogens is 1. The van der Waals surface area contributed by atoms with E-state index in [0.717, 1.165) is 17.0 Å². The molecule has 0 bridgehead atoms. The number of aromatic nitrogens is 2. The Morgan fingerprint density at radius 2 is 2.15 bits per heavy atom. The number of carbonyl (C=O) groups is 1. The SMILES string of the molecule is CC(=O)Oc1nc(Cc2ccccc2Br)[nH]c(=O)c1O. The van der Waals surface area contributed by atoms with Gasteiger partial charge in [0.25, 0.3) is 11.4 Å². The van der Waals surface area contributed by atoms with Crippen LogP contribution >= 0.6 is 15.9 Å². The maximum Gasteiger partial charge on any atom is 0.309 e. The molecular formula is C13H11BrN2O4. The minimum absolute atomic E-state index is 0.288. The highest BCUT2D eigenvalue weighted by molar-refractivity contribution is 9.10. The molecule has 1 aromatic heterocycles. The summed E-state index contributed by atoms with van der Waals surface area (Å²) in [6.07, 6.45) is 0.325. The molecule has 2 aromatic rings. The van der Waals surface area contributed by atoms with Crippen LogP contribution in [0, 0.1) is 0 Å². The molecule has 0 saturated carbocycles. The number of carbonyl (C=O) groups excluding carboxylic acids is 1. The van der Waals surface area contributed by atoms with Crippen LogP contribution in [0.25, 0.3) is 0 Å². The number of esters is 1. The van der Waals surface area contributed by atoms with Crippen LogP contribution in [0.15, 0.2) is 33.5 Å². The first-order valence-electron chi connectivity index (χ1n) is 5.71. The van der Waals surface area contributed by atoms with Gasteiger partial charge >= 0.3 is 5.97 Å². The molecular weight excluding hydrogens is 328 g/mol. The zero-order valence-electron chi connectivity index (χ0n) is 10.5. The predicted octanol–water partition coefficient (Wildman–Crippen LogP) is 1.75. The molecule has 0 amide bonds. The molecule has 0 spiro atoms. The predicted molar refractivity (Wildman–Crippen MR) is 74.8 cm³/mol. The minimum Gasteiger partial charge on any atom is -0.499 e. The maximum absolute atomic E-state index is 11.6. The first kappa shape index (κ1) is 14.3. The highest BCUT2D eigenvalue weighted by Gasteiger charge is 2.14. The Hall–Kier alpha value is -2.15. The lowest BCUT2D eigenvalue weighted by Gasteiger charge is -2.07. The van der Waals surface area contributed by atoms with E-state index in [9.17, 15) is 14.7 Å². The van der Waals surface area contributed by atoms with Gasteiger partial charge in [0.1, 0.15) is 5.82 Å². The fraction of sp³-hybridized carbons (Fsp3) is 0.154. The number of benzene rings is 1. The lowest BCUT2D eigenvalue weighted by atomic mass is 10.1. The van der Waals surface area contributed by atoms with Gasteiger partial charge in [-0.15, -0.1) is 0 Å². The topological polar surface area (TPSA) is 92.3 Å². The molecule has 0 saturated heterocycles. The normalized spacial score (nSPS) is 10.3. The molecule has 1 heterocycles. The summed E-state index contributed by atoms with van der Waals surface area (Å²) in [6.45, 7) is 1.16. The Morgan fingerprint density at radius 3 is 2.80 bits per heavy atom. The van der Waals surface area contributed by atoms with Crippen molar-refractivity contribution >= 4 is 21.9 Å². The van der Waals surface area contributed by atoms with Gasteiger partial charge in [-0.25, -0.2) is 0 Å². The largest absolute Gasteiger partial charge is 0.499 e. The molecule has 2 N–H and O–H groups in total. The zero-order chi connectivity index (χ0) is 14.7. The summed E-state index contributed by atoms with van der Waals surface area (Å²) in [5, 5.41) is 9.50. The monoisotopic (exact) mass is 338 g/mol. The smallest absolute Gasteiger partial charge is 0.309 e. The van der Waals surface area contributed by atoms with E-state index in [1.54, 1.807) is 0 Å². The van der Waals surface area contributed by atoms with Crippen LogP contribution in [0.3, 0.4) is 0 Å². The van der Waals surface area contributed by atoms with Crippen molar-refractivity contribution in [1.29, 1.82) is 0 Å². The lowest BCUT2D eigenvalue weighted by molar-refractivity contribution is -0.132. The van der Waals surface area contributed by atoms with Crippen molar-refractivity contribution in [1.82, 2.24) is 9.97 Å². The molecule has 104 valence electrons. The van der Waals surface area contributed by atoms with Crippen LogP contribution in [0.2, 0.25) is 0 Å². The molecule has 0 atom stereocenters. The number of aromatic hydroxyl groups is 1. The van der Waals surface area contributed by atoms with E-state index in [0.29, 0.717) is 6.42 Å². The van der Waals surface area contributed by atoms with E-state index >= 15 is 0 Å². The third kappa shape index (κ3) is 3.24. The second kappa shape index (κ2) is 5.87. The number of aromatic amines is 1. The third-order valence-corrected chi connectivity index (χ3v) is 3.24. The fourth-order valence-corrected chi connectivity index (χ4v) is 2.03. The van der Waals surface area contributed by atoms with Crippen molar-refractivity contribution in [2.24, 2.45) is 0 Å². The van der Waals surface area contributed by atoms with Crippen molar-refractivity contribution in [3.8, 4) is 11.6 Å². The van der Waals surface area contributed by atoms with Crippen LogP contribution in [-0.4, -0.2) is 21.0 Å². The van der Waals surface area contributed by atoms with E-state index in [-0.39, 0.29) is 11.7 Å². The van der Waals surface area contributed by atoms with Crippen molar-refractivity contribution in [3.05, 3.63) is 50.5 Å². The molecule has 0 aliphatic rings. The van der Waals surface area contributed by atoms with Gasteiger partial charge in [0.15, 0.2) is 0 Å². The summed E-state index contributed by atoms with van der Waals surface area (Å²) in [5.41, 5.74) is 0.147. The number of nitrogens with zero attached hydrogens (tertiary/aromatic N) is 1. The Labute approximate surface area is 122 Å². The highest BCUT2D eigenvalue weighted by Crippen LogP contribution is 2.21. The van der Waals surface area contributed by atoms with E-state index in [1.165, 1.54) is 0 Å². The Morgan fingerprint density at radius 1 is 1.45 bits per heavy atom. The summed E-state index contributed by atoms with van der Waals surface area (Å²) >= 11 is 3.39. The van der Waals surface area contributed by atoms with Gasteiger partial charge in [0, 0.05) is 17.8 Å². The van der Waals surface area contributed by atoms with Gasteiger partial charge < -0.3 is 14.8 Å². The zero-order valence-corrected chi connectivity index (χ0v) is 12.1. The van der Waals surface area contributed by atoms with E-state index in [2.05, 4.69) is 25.9 Å². The Kier molecular flexibility index (Phi) is 4.19. The standard InChI is InChI=1S/C13H11BrN2O4/c1-7(17)20-13-11(18)12(19)15-10(16-13)6-8-4-2-3-5-9(8)14/h2-5,18H,6H2,1H3,(H,15,16,19). The fourth-order valence-electron chi connectivity index (χ4n) is 1.60. The molecule has 1 aromatic carbocycles. The maximum atomic E-state index is 11.6. The molecule has 2 rings (SSSR count). The number of hydrogen-bond acceptors (Lipinski definition) is 5. The molecule has 0 unspecified atom stereocenters. The highest BCUT2D eigenvalue weighted by atomic mass is 79.9. The van der Waals surface area contributed by atoms with E-state index < -0.39 is 17.3 Å². The molecule has 0 fully saturated rings. The van der Waals surface area contributed by atoms with Gasteiger partial charge in [-0.1, -0.05) is 34.1 Å². The van der Waals surface area contributed by atoms with Crippen molar-refractivity contribution in [2.45, 2.75) is 13.3 Å². The number of nitrogens with one attached hydrogen (secondary N) is 1. The van der Waals surface area contributed by atoms with Crippen LogP contribution in [0.1, 0.15) is 18.3 Å². The third-order valence-electron chi connectivity index (χ3n) is 2.47. The second-order valence-electron chi connectivity index (χ2n) is 4.03. The summed E-state index contributed by atoms with van der Waals surface area (Å²) in [6, 6.07) is 7.44. The minimum atomic E-state index is -0.752. The molecule has 20 heavy (non-hydrogen) atoms. The Balaban J connectivity index is 2.38. The Bertz CT molecular complexity index is 712. The molecule has 0 radical (unpaired) electrons. The summed E-state index contributed by atoms with van der Waals surface area (Å²) in [5.74, 6) is -1.47. The quantitative estimate of drug-likeness (QED) is 0.832. The molecule has 7 heteroatoms. The van der Waals surface area contributed by atoms with Crippen LogP contribution in [0.5, 0.6) is 11.6 Å². The van der Waals surface area contributed by atoms with Gasteiger partial charge in [-0.3, -0.25) is 9.59 Å².